The minimum atomic E-state index is -0.560. The van der Waals surface area contributed by atoms with Crippen LogP contribution >= 0.6 is 11.8 Å². The van der Waals surface area contributed by atoms with Gasteiger partial charge < -0.3 is 14.9 Å². The Morgan fingerprint density at radius 2 is 1.64 bits per heavy atom. The lowest BCUT2D eigenvalue weighted by Gasteiger charge is -2.22. The van der Waals surface area contributed by atoms with Crippen molar-refractivity contribution in [2.45, 2.75) is 103 Å². The Morgan fingerprint density at radius 3 is 2.39 bits per heavy atom. The van der Waals surface area contributed by atoms with Crippen LogP contribution in [0.15, 0.2) is 12.2 Å². The maximum atomic E-state index is 12.2. The fourth-order valence-corrected chi connectivity index (χ4v) is 5.18. The van der Waals surface area contributed by atoms with E-state index in [1.165, 1.54) is 31.0 Å². The van der Waals surface area contributed by atoms with Gasteiger partial charge in [0.05, 0.1) is 24.2 Å². The van der Waals surface area contributed by atoms with Crippen molar-refractivity contribution < 1.29 is 39.8 Å². The van der Waals surface area contributed by atoms with Gasteiger partial charge in [-0.05, 0) is 50.4 Å². The standard InChI is InChI=1S/C26H47NO8S/c1-2-3-4-5-8-11-21(28)14-15-23-22(24(29)20-25(23)30)12-9-6-7-10-13-26(31)34-16-18-36-19-17-35-27(32)33/h6,9,22-25,29-30,32-33H,2-5,7-8,10-20H2,1H3/b9-6-/t22-,23-,24+,25-/m1/s1. The Labute approximate surface area is 220 Å². The number of rotatable bonds is 22. The topological polar surface area (TPSA) is 137 Å². The minimum absolute atomic E-state index is 0.0423. The summed E-state index contributed by atoms with van der Waals surface area (Å²) >= 11 is 1.48. The molecule has 1 fully saturated rings. The number of aliphatic hydroxyl groups is 2. The Hall–Kier alpha value is -1.01. The molecular weight excluding hydrogens is 486 g/mol. The van der Waals surface area contributed by atoms with Crippen molar-refractivity contribution in [2.75, 3.05) is 24.7 Å². The number of Topliss-reactive ketones (excluding diaryl/α,β-unsaturated/α-hetero) is 1. The molecule has 36 heavy (non-hydrogen) atoms. The van der Waals surface area contributed by atoms with Gasteiger partial charge in [0, 0.05) is 30.8 Å². The Bertz CT molecular complexity index is 619. The van der Waals surface area contributed by atoms with Crippen LogP contribution in [0.1, 0.15) is 90.4 Å². The van der Waals surface area contributed by atoms with Crippen LogP contribution in [0, 0.1) is 11.8 Å². The average Bonchev–Trinajstić information content (AvgIpc) is 3.10. The Balaban J connectivity index is 2.17. The smallest absolute Gasteiger partial charge is 0.305 e. The molecule has 0 aromatic carbocycles. The van der Waals surface area contributed by atoms with Gasteiger partial charge in [-0.25, -0.2) is 4.84 Å². The molecule has 0 amide bonds. The third-order valence-electron chi connectivity index (χ3n) is 6.59. The second-order valence-electron chi connectivity index (χ2n) is 9.46. The molecule has 1 saturated carbocycles. The van der Waals surface area contributed by atoms with E-state index in [4.69, 9.17) is 15.2 Å². The number of carbonyl (C=O) groups is 2. The number of ketones is 1. The monoisotopic (exact) mass is 533 g/mol. The van der Waals surface area contributed by atoms with E-state index >= 15 is 0 Å². The highest BCUT2D eigenvalue weighted by molar-refractivity contribution is 7.99. The van der Waals surface area contributed by atoms with Crippen LogP contribution in [0.2, 0.25) is 0 Å². The fourth-order valence-electron chi connectivity index (χ4n) is 4.59. The van der Waals surface area contributed by atoms with Gasteiger partial charge in [-0.2, -0.15) is 11.8 Å². The lowest BCUT2D eigenvalue weighted by molar-refractivity contribution is -0.490. The van der Waals surface area contributed by atoms with Crippen molar-refractivity contribution in [1.29, 1.82) is 0 Å². The van der Waals surface area contributed by atoms with Gasteiger partial charge in [0.1, 0.15) is 12.4 Å². The number of esters is 1. The number of ether oxygens (including phenoxy) is 1. The molecule has 0 heterocycles. The second-order valence-corrected chi connectivity index (χ2v) is 10.7. The van der Waals surface area contributed by atoms with Crippen molar-refractivity contribution >= 4 is 23.5 Å². The first-order chi connectivity index (χ1) is 17.3. The van der Waals surface area contributed by atoms with Crippen LogP contribution in [0.4, 0.5) is 0 Å². The van der Waals surface area contributed by atoms with Crippen LogP contribution in [-0.4, -0.2) is 74.7 Å². The Morgan fingerprint density at radius 1 is 0.917 bits per heavy atom. The summed E-state index contributed by atoms with van der Waals surface area (Å²) in [4.78, 5) is 28.4. The zero-order valence-electron chi connectivity index (χ0n) is 21.8. The highest BCUT2D eigenvalue weighted by atomic mass is 32.2. The summed E-state index contributed by atoms with van der Waals surface area (Å²) in [7, 11) is 0. The molecule has 0 spiro atoms. The van der Waals surface area contributed by atoms with Gasteiger partial charge in [0.25, 0.3) is 0 Å². The predicted octanol–water partition coefficient (Wildman–Crippen LogP) is 4.46. The number of aliphatic hydroxyl groups excluding tert-OH is 2. The quantitative estimate of drug-likeness (QED) is 0.0683. The van der Waals surface area contributed by atoms with Gasteiger partial charge in [0.15, 0.2) is 0 Å². The number of allylic oxidation sites excluding steroid dienone is 2. The molecule has 0 bridgehead atoms. The molecule has 10 heteroatoms. The van der Waals surface area contributed by atoms with Crippen molar-refractivity contribution in [1.82, 2.24) is 5.39 Å². The van der Waals surface area contributed by atoms with Crippen LogP contribution in [0.25, 0.3) is 0 Å². The summed E-state index contributed by atoms with van der Waals surface area (Å²) in [6, 6.07) is 0. The molecule has 4 atom stereocenters. The van der Waals surface area contributed by atoms with Gasteiger partial charge >= 0.3 is 5.97 Å². The molecule has 1 aliphatic rings. The largest absolute Gasteiger partial charge is 0.465 e. The van der Waals surface area contributed by atoms with Gasteiger partial charge in [-0.1, -0.05) is 44.8 Å². The lowest BCUT2D eigenvalue weighted by Crippen LogP contribution is -2.22. The SMILES string of the molecule is CCCCCCCC(=O)CC[C@@H]1[C@@H](C/C=C\CCCC(=O)OCCSCCON(O)O)[C@@H](O)C[C@H]1O. The molecule has 0 unspecified atom stereocenters. The van der Waals surface area contributed by atoms with Crippen molar-refractivity contribution in [3.05, 3.63) is 12.2 Å². The highest BCUT2D eigenvalue weighted by Gasteiger charge is 2.40. The van der Waals surface area contributed by atoms with Crippen LogP contribution < -0.4 is 0 Å². The molecule has 0 aromatic heterocycles. The zero-order chi connectivity index (χ0) is 26.6. The molecule has 0 radical (unpaired) electrons. The first kappa shape index (κ1) is 33.0. The van der Waals surface area contributed by atoms with E-state index in [2.05, 4.69) is 11.8 Å². The highest BCUT2D eigenvalue weighted by Crippen LogP contribution is 2.38. The molecular formula is C26H47NO8S. The van der Waals surface area contributed by atoms with Gasteiger partial charge in [-0.3, -0.25) is 20.0 Å². The summed E-state index contributed by atoms with van der Waals surface area (Å²) in [6.07, 6.45) is 13.0. The number of hydrogen-bond donors (Lipinski definition) is 4. The van der Waals surface area contributed by atoms with Gasteiger partial charge in [0.2, 0.25) is 0 Å². The summed E-state index contributed by atoms with van der Waals surface area (Å²) in [6.45, 7) is 2.62. The summed E-state index contributed by atoms with van der Waals surface area (Å²) < 4.78 is 5.16. The van der Waals surface area contributed by atoms with E-state index in [1.54, 1.807) is 0 Å². The second kappa shape index (κ2) is 21.0. The normalized spacial score (nSPS) is 22.1. The lowest BCUT2D eigenvalue weighted by atomic mass is 9.86. The molecule has 1 rings (SSSR count). The fraction of sp³-hybridized carbons (Fsp3) is 0.846. The number of thioether (sulfide) groups is 1. The molecule has 0 aromatic rings. The average molecular weight is 534 g/mol. The Kier molecular flexibility index (Phi) is 19.2. The summed E-state index contributed by atoms with van der Waals surface area (Å²) in [5.74, 6) is 1.06. The minimum Gasteiger partial charge on any atom is -0.465 e. The molecule has 0 aliphatic heterocycles. The zero-order valence-corrected chi connectivity index (χ0v) is 22.6. The first-order valence-electron chi connectivity index (χ1n) is 13.4. The van der Waals surface area contributed by atoms with E-state index in [-0.39, 0.29) is 35.6 Å². The molecule has 9 nitrogen and oxygen atoms in total. The van der Waals surface area contributed by atoms with Crippen LogP contribution in [0.5, 0.6) is 0 Å². The van der Waals surface area contributed by atoms with Crippen LogP contribution in [-0.2, 0) is 19.2 Å². The number of carbonyl (C=O) groups excluding carboxylic acids is 2. The predicted molar refractivity (Wildman–Crippen MR) is 138 cm³/mol. The van der Waals surface area contributed by atoms with E-state index in [9.17, 15) is 19.8 Å². The maximum absolute atomic E-state index is 12.2. The number of hydrogen-bond acceptors (Lipinski definition) is 10. The number of nitrogens with zero attached hydrogens (tertiary/aromatic N) is 1. The van der Waals surface area contributed by atoms with E-state index in [1.807, 2.05) is 12.2 Å². The van der Waals surface area contributed by atoms with Crippen molar-refractivity contribution in [3.63, 3.8) is 0 Å². The molecule has 4 N–H and O–H groups in total. The molecule has 0 saturated heterocycles. The maximum Gasteiger partial charge on any atom is 0.305 e. The van der Waals surface area contributed by atoms with Gasteiger partial charge in [-0.15, -0.1) is 0 Å². The van der Waals surface area contributed by atoms with E-state index in [0.717, 1.165) is 19.3 Å². The third kappa shape index (κ3) is 16.0. The molecule has 210 valence electrons. The summed E-state index contributed by atoms with van der Waals surface area (Å²) in [5, 5.41) is 37.2. The molecule has 1 aliphatic carbocycles. The van der Waals surface area contributed by atoms with E-state index in [0.29, 0.717) is 63.1 Å². The third-order valence-corrected chi connectivity index (χ3v) is 7.50. The van der Waals surface area contributed by atoms with Crippen LogP contribution in [0.3, 0.4) is 0 Å². The van der Waals surface area contributed by atoms with Crippen molar-refractivity contribution in [3.8, 4) is 0 Å². The first-order valence-corrected chi connectivity index (χ1v) is 14.6. The van der Waals surface area contributed by atoms with Crippen molar-refractivity contribution in [2.24, 2.45) is 11.8 Å². The van der Waals surface area contributed by atoms with E-state index < -0.39 is 12.2 Å². The number of unbranched alkanes of at least 4 members (excludes halogenated alkanes) is 5. The summed E-state index contributed by atoms with van der Waals surface area (Å²) in [5.41, 5.74) is 0.